The van der Waals surface area contributed by atoms with Gasteiger partial charge in [0.25, 0.3) is 0 Å². The third kappa shape index (κ3) is 7.51. The SMILES string of the molecule is CCNC(=NCc1ccc(CN(C)C)cc1)NCC1(CCOC)CCCC1. The van der Waals surface area contributed by atoms with Crippen molar-refractivity contribution in [3.05, 3.63) is 35.4 Å². The van der Waals surface area contributed by atoms with Crippen LogP contribution in [0, 0.1) is 5.41 Å². The van der Waals surface area contributed by atoms with Gasteiger partial charge in [-0.05, 0) is 56.8 Å². The first-order valence-electron chi connectivity index (χ1n) is 10.3. The summed E-state index contributed by atoms with van der Waals surface area (Å²) in [7, 11) is 5.98. The lowest BCUT2D eigenvalue weighted by atomic mass is 9.83. The molecule has 0 unspecified atom stereocenters. The van der Waals surface area contributed by atoms with Gasteiger partial charge in [0.05, 0.1) is 6.54 Å². The summed E-state index contributed by atoms with van der Waals surface area (Å²) < 4.78 is 5.35. The fraction of sp³-hybridized carbons (Fsp3) is 0.682. The maximum Gasteiger partial charge on any atom is 0.191 e. The maximum absolute atomic E-state index is 5.35. The number of guanidine groups is 1. The lowest BCUT2D eigenvalue weighted by Crippen LogP contribution is -2.43. The first-order chi connectivity index (χ1) is 13.1. The van der Waals surface area contributed by atoms with Crippen molar-refractivity contribution in [1.82, 2.24) is 15.5 Å². The Morgan fingerprint density at radius 2 is 1.78 bits per heavy atom. The summed E-state index contributed by atoms with van der Waals surface area (Å²) in [6, 6.07) is 8.76. The molecular weight excluding hydrogens is 336 g/mol. The van der Waals surface area contributed by atoms with E-state index in [2.05, 4.69) is 60.8 Å². The molecule has 152 valence electrons. The molecule has 1 aromatic rings. The second-order valence-corrected chi connectivity index (χ2v) is 8.05. The van der Waals surface area contributed by atoms with Crippen LogP contribution in [0.4, 0.5) is 0 Å². The van der Waals surface area contributed by atoms with E-state index in [1.165, 1.54) is 36.8 Å². The molecule has 1 fully saturated rings. The molecule has 0 saturated heterocycles. The molecule has 1 saturated carbocycles. The molecule has 0 radical (unpaired) electrons. The van der Waals surface area contributed by atoms with Gasteiger partial charge in [0.1, 0.15) is 0 Å². The molecule has 0 heterocycles. The molecule has 0 spiro atoms. The van der Waals surface area contributed by atoms with Crippen LogP contribution in [0.15, 0.2) is 29.3 Å². The number of benzene rings is 1. The van der Waals surface area contributed by atoms with Gasteiger partial charge < -0.3 is 20.3 Å². The lowest BCUT2D eigenvalue weighted by molar-refractivity contribution is 0.138. The van der Waals surface area contributed by atoms with Crippen molar-refractivity contribution in [1.29, 1.82) is 0 Å². The van der Waals surface area contributed by atoms with E-state index < -0.39 is 0 Å². The second kappa shape index (κ2) is 11.3. The molecule has 1 aromatic carbocycles. The van der Waals surface area contributed by atoms with Crippen LogP contribution in [0.5, 0.6) is 0 Å². The van der Waals surface area contributed by atoms with Gasteiger partial charge in [-0.1, -0.05) is 37.1 Å². The van der Waals surface area contributed by atoms with Gasteiger partial charge in [0, 0.05) is 33.4 Å². The van der Waals surface area contributed by atoms with Gasteiger partial charge in [0.15, 0.2) is 5.96 Å². The Labute approximate surface area is 165 Å². The number of aliphatic imine (C=N–C) groups is 1. The zero-order chi connectivity index (χ0) is 19.5. The van der Waals surface area contributed by atoms with Crippen molar-refractivity contribution < 1.29 is 4.74 Å². The molecular formula is C22H38N4O. The molecule has 2 rings (SSSR count). The van der Waals surface area contributed by atoms with Crippen LogP contribution in [-0.4, -0.2) is 51.8 Å². The highest BCUT2D eigenvalue weighted by atomic mass is 16.5. The summed E-state index contributed by atoms with van der Waals surface area (Å²) in [5, 5.41) is 6.99. The monoisotopic (exact) mass is 374 g/mol. The average molecular weight is 375 g/mol. The van der Waals surface area contributed by atoms with Gasteiger partial charge >= 0.3 is 0 Å². The number of nitrogens with zero attached hydrogens (tertiary/aromatic N) is 2. The largest absolute Gasteiger partial charge is 0.385 e. The van der Waals surface area contributed by atoms with Crippen LogP contribution in [-0.2, 0) is 17.8 Å². The van der Waals surface area contributed by atoms with E-state index in [0.29, 0.717) is 12.0 Å². The van der Waals surface area contributed by atoms with Crippen molar-refractivity contribution in [2.24, 2.45) is 10.4 Å². The molecule has 0 aliphatic heterocycles. The van der Waals surface area contributed by atoms with Crippen molar-refractivity contribution in [2.75, 3.05) is 40.9 Å². The van der Waals surface area contributed by atoms with Crippen molar-refractivity contribution in [3.8, 4) is 0 Å². The number of hydrogen-bond acceptors (Lipinski definition) is 3. The molecule has 2 N–H and O–H groups in total. The summed E-state index contributed by atoms with van der Waals surface area (Å²) in [6.07, 6.45) is 6.37. The minimum Gasteiger partial charge on any atom is -0.385 e. The Bertz CT molecular complexity index is 562. The number of ether oxygens (including phenoxy) is 1. The van der Waals surface area contributed by atoms with E-state index in [1.54, 1.807) is 7.11 Å². The molecule has 27 heavy (non-hydrogen) atoms. The standard InChI is InChI=1S/C22H38N4O/c1-5-23-21(25-18-22(14-15-27-4)12-6-7-13-22)24-16-19-8-10-20(11-9-19)17-26(2)3/h8-11H,5-7,12-18H2,1-4H3,(H2,23,24,25). The van der Waals surface area contributed by atoms with Crippen molar-refractivity contribution in [3.63, 3.8) is 0 Å². The topological polar surface area (TPSA) is 48.9 Å². The molecule has 1 aliphatic carbocycles. The molecule has 0 bridgehead atoms. The molecule has 0 amide bonds. The van der Waals surface area contributed by atoms with Crippen LogP contribution >= 0.6 is 0 Å². The normalized spacial score (nSPS) is 16.7. The Morgan fingerprint density at radius 3 is 2.37 bits per heavy atom. The number of nitrogens with one attached hydrogen (secondary N) is 2. The van der Waals surface area contributed by atoms with Gasteiger partial charge in [-0.15, -0.1) is 0 Å². The minimum atomic E-state index is 0.361. The number of methoxy groups -OCH3 is 1. The van der Waals surface area contributed by atoms with Crippen LogP contribution in [0.2, 0.25) is 0 Å². The van der Waals surface area contributed by atoms with E-state index in [1.807, 2.05) is 0 Å². The Kier molecular flexibility index (Phi) is 9.08. The van der Waals surface area contributed by atoms with Gasteiger partial charge in [-0.3, -0.25) is 0 Å². The minimum absolute atomic E-state index is 0.361. The number of hydrogen-bond donors (Lipinski definition) is 2. The number of rotatable bonds is 10. The molecule has 5 heteroatoms. The molecule has 1 aliphatic rings. The van der Waals surface area contributed by atoms with Crippen molar-refractivity contribution in [2.45, 2.75) is 52.1 Å². The van der Waals surface area contributed by atoms with E-state index in [9.17, 15) is 0 Å². The van der Waals surface area contributed by atoms with Gasteiger partial charge in [0.2, 0.25) is 0 Å². The van der Waals surface area contributed by atoms with E-state index >= 15 is 0 Å². The fourth-order valence-electron chi connectivity index (χ4n) is 3.86. The first kappa shape index (κ1) is 21.7. The average Bonchev–Trinajstić information content (AvgIpc) is 3.12. The first-order valence-corrected chi connectivity index (χ1v) is 10.3. The van der Waals surface area contributed by atoms with E-state index in [-0.39, 0.29) is 0 Å². The zero-order valence-corrected chi connectivity index (χ0v) is 17.7. The van der Waals surface area contributed by atoms with E-state index in [0.717, 1.165) is 38.6 Å². The van der Waals surface area contributed by atoms with Crippen LogP contribution in [0.3, 0.4) is 0 Å². The van der Waals surface area contributed by atoms with Gasteiger partial charge in [-0.25, -0.2) is 4.99 Å². The quantitative estimate of drug-likeness (QED) is 0.487. The maximum atomic E-state index is 5.35. The lowest BCUT2D eigenvalue weighted by Gasteiger charge is -2.30. The third-order valence-electron chi connectivity index (χ3n) is 5.42. The predicted octanol–water partition coefficient (Wildman–Crippen LogP) is 3.40. The predicted molar refractivity (Wildman–Crippen MR) is 114 cm³/mol. The highest BCUT2D eigenvalue weighted by Crippen LogP contribution is 2.40. The summed E-state index contributed by atoms with van der Waals surface area (Å²) in [5.74, 6) is 0.915. The Balaban J connectivity index is 1.93. The summed E-state index contributed by atoms with van der Waals surface area (Å²) >= 11 is 0. The second-order valence-electron chi connectivity index (χ2n) is 8.05. The summed E-state index contributed by atoms with van der Waals surface area (Å²) in [4.78, 5) is 6.98. The van der Waals surface area contributed by atoms with Crippen LogP contribution < -0.4 is 10.6 Å². The summed E-state index contributed by atoms with van der Waals surface area (Å²) in [5.41, 5.74) is 2.93. The molecule has 0 atom stereocenters. The van der Waals surface area contributed by atoms with Crippen LogP contribution in [0.25, 0.3) is 0 Å². The molecule has 0 aromatic heterocycles. The Hall–Kier alpha value is -1.59. The van der Waals surface area contributed by atoms with Gasteiger partial charge in [-0.2, -0.15) is 0 Å². The summed E-state index contributed by atoms with van der Waals surface area (Å²) in [6.45, 7) is 6.47. The third-order valence-corrected chi connectivity index (χ3v) is 5.42. The molecule has 5 nitrogen and oxygen atoms in total. The van der Waals surface area contributed by atoms with Crippen molar-refractivity contribution >= 4 is 5.96 Å². The smallest absolute Gasteiger partial charge is 0.191 e. The highest BCUT2D eigenvalue weighted by molar-refractivity contribution is 5.79. The Morgan fingerprint density at radius 1 is 1.11 bits per heavy atom. The van der Waals surface area contributed by atoms with E-state index in [4.69, 9.17) is 9.73 Å². The van der Waals surface area contributed by atoms with Crippen LogP contribution in [0.1, 0.15) is 50.2 Å². The fourth-order valence-corrected chi connectivity index (χ4v) is 3.86. The highest BCUT2D eigenvalue weighted by Gasteiger charge is 2.33. The zero-order valence-electron chi connectivity index (χ0n) is 17.7.